The van der Waals surface area contributed by atoms with E-state index in [1.54, 1.807) is 0 Å². The number of piperidine rings is 1. The Bertz CT molecular complexity index is 356. The maximum atomic E-state index is 12.3. The first kappa shape index (κ1) is 16.1. The smallest absolute Gasteiger partial charge is 0.317 e. The standard InChI is InChI=1S/C15H26N2O4/c18-14(19)7-6-13-5-1-2-8-17(13)15(20)16-10-12-4-3-9-21-11-12/h12-13H,1-11H2,(H,16,20)(H,18,19). The predicted octanol–water partition coefficient (Wildman–Crippen LogP) is 1.84. The van der Waals surface area contributed by atoms with Gasteiger partial charge in [0.2, 0.25) is 0 Å². The van der Waals surface area contributed by atoms with E-state index in [4.69, 9.17) is 9.84 Å². The van der Waals surface area contributed by atoms with Gasteiger partial charge < -0.3 is 20.1 Å². The van der Waals surface area contributed by atoms with Crippen LogP contribution in [-0.2, 0) is 9.53 Å². The number of hydrogen-bond acceptors (Lipinski definition) is 3. The molecular formula is C15H26N2O4. The second kappa shape index (κ2) is 8.22. The predicted molar refractivity (Wildman–Crippen MR) is 78.2 cm³/mol. The number of likely N-dealkylation sites (tertiary alicyclic amines) is 1. The number of urea groups is 1. The molecule has 2 aliphatic rings. The molecule has 2 saturated heterocycles. The molecule has 0 aromatic heterocycles. The van der Waals surface area contributed by atoms with Gasteiger partial charge in [-0.3, -0.25) is 4.79 Å². The zero-order chi connectivity index (χ0) is 15.1. The van der Waals surface area contributed by atoms with E-state index in [1.807, 2.05) is 4.90 Å². The molecule has 2 amide bonds. The van der Waals surface area contributed by atoms with E-state index in [0.29, 0.717) is 18.9 Å². The summed E-state index contributed by atoms with van der Waals surface area (Å²) in [5.74, 6) is -0.384. The highest BCUT2D eigenvalue weighted by Gasteiger charge is 2.27. The fourth-order valence-corrected chi connectivity index (χ4v) is 3.16. The number of ether oxygens (including phenoxy) is 1. The molecule has 0 saturated carbocycles. The second-order valence-electron chi connectivity index (χ2n) is 6.04. The van der Waals surface area contributed by atoms with Crippen LogP contribution in [0.4, 0.5) is 4.79 Å². The number of carboxylic acid groups (broad SMARTS) is 1. The van der Waals surface area contributed by atoms with Gasteiger partial charge in [0.15, 0.2) is 0 Å². The maximum Gasteiger partial charge on any atom is 0.317 e. The third-order valence-electron chi connectivity index (χ3n) is 4.38. The first-order valence-corrected chi connectivity index (χ1v) is 8.01. The van der Waals surface area contributed by atoms with Crippen LogP contribution in [0.2, 0.25) is 0 Å². The summed E-state index contributed by atoms with van der Waals surface area (Å²) in [5, 5.41) is 11.8. The molecular weight excluding hydrogens is 272 g/mol. The number of aliphatic carboxylic acids is 1. The summed E-state index contributed by atoms with van der Waals surface area (Å²) >= 11 is 0. The molecule has 0 bridgehead atoms. The van der Waals surface area contributed by atoms with Crippen LogP contribution in [0.25, 0.3) is 0 Å². The molecule has 6 heteroatoms. The minimum atomic E-state index is -0.791. The van der Waals surface area contributed by atoms with Crippen LogP contribution in [-0.4, -0.2) is 54.4 Å². The SMILES string of the molecule is O=C(O)CCC1CCCCN1C(=O)NCC1CCCOC1. The van der Waals surface area contributed by atoms with Gasteiger partial charge in [-0.25, -0.2) is 4.79 Å². The van der Waals surface area contributed by atoms with Gasteiger partial charge in [0, 0.05) is 32.2 Å². The fraction of sp³-hybridized carbons (Fsp3) is 0.867. The van der Waals surface area contributed by atoms with Gasteiger partial charge in [0.05, 0.1) is 6.61 Å². The molecule has 120 valence electrons. The van der Waals surface area contributed by atoms with Crippen molar-refractivity contribution in [3.63, 3.8) is 0 Å². The van der Waals surface area contributed by atoms with Crippen molar-refractivity contribution in [2.24, 2.45) is 5.92 Å². The molecule has 2 aliphatic heterocycles. The van der Waals surface area contributed by atoms with E-state index in [1.165, 1.54) is 0 Å². The summed E-state index contributed by atoms with van der Waals surface area (Å²) in [5.41, 5.74) is 0. The first-order chi connectivity index (χ1) is 10.2. The zero-order valence-electron chi connectivity index (χ0n) is 12.6. The van der Waals surface area contributed by atoms with Crippen molar-refractivity contribution in [1.29, 1.82) is 0 Å². The summed E-state index contributed by atoms with van der Waals surface area (Å²) < 4.78 is 5.42. The van der Waals surface area contributed by atoms with Crippen LogP contribution >= 0.6 is 0 Å². The minimum absolute atomic E-state index is 0.0457. The lowest BCUT2D eigenvalue weighted by Gasteiger charge is -2.36. The van der Waals surface area contributed by atoms with Crippen LogP contribution in [0.1, 0.15) is 44.9 Å². The van der Waals surface area contributed by atoms with Crippen molar-refractivity contribution >= 4 is 12.0 Å². The van der Waals surface area contributed by atoms with Gasteiger partial charge in [-0.2, -0.15) is 0 Å². The number of hydrogen-bond donors (Lipinski definition) is 2. The first-order valence-electron chi connectivity index (χ1n) is 8.01. The van der Waals surface area contributed by atoms with Crippen LogP contribution in [0.5, 0.6) is 0 Å². The number of nitrogens with one attached hydrogen (secondary N) is 1. The molecule has 6 nitrogen and oxygen atoms in total. The van der Waals surface area contributed by atoms with Crippen molar-refractivity contribution in [2.45, 2.75) is 51.0 Å². The number of nitrogens with zero attached hydrogens (tertiary/aromatic N) is 1. The second-order valence-corrected chi connectivity index (χ2v) is 6.04. The average Bonchev–Trinajstić information content (AvgIpc) is 2.52. The van der Waals surface area contributed by atoms with Gasteiger partial charge in [-0.15, -0.1) is 0 Å². The Hall–Kier alpha value is -1.30. The van der Waals surface area contributed by atoms with Crippen molar-refractivity contribution in [3.8, 4) is 0 Å². The number of carboxylic acids is 1. The van der Waals surface area contributed by atoms with Crippen LogP contribution in [0, 0.1) is 5.92 Å². The molecule has 2 rings (SSSR count). The Labute approximate surface area is 125 Å². The van der Waals surface area contributed by atoms with Crippen molar-refractivity contribution in [1.82, 2.24) is 10.2 Å². The van der Waals surface area contributed by atoms with Gasteiger partial charge >= 0.3 is 12.0 Å². The lowest BCUT2D eigenvalue weighted by Crippen LogP contribution is -2.50. The van der Waals surface area contributed by atoms with E-state index in [0.717, 1.165) is 51.9 Å². The number of carbonyl (C=O) groups excluding carboxylic acids is 1. The number of amides is 2. The molecule has 21 heavy (non-hydrogen) atoms. The van der Waals surface area contributed by atoms with E-state index >= 15 is 0 Å². The molecule has 2 N–H and O–H groups in total. The summed E-state index contributed by atoms with van der Waals surface area (Å²) in [6, 6.07) is 0.0214. The number of carbonyl (C=O) groups is 2. The van der Waals surface area contributed by atoms with E-state index in [2.05, 4.69) is 5.32 Å². The van der Waals surface area contributed by atoms with Crippen molar-refractivity contribution in [2.75, 3.05) is 26.3 Å². The highest BCUT2D eigenvalue weighted by Crippen LogP contribution is 2.21. The molecule has 0 spiro atoms. The topological polar surface area (TPSA) is 78.9 Å². The monoisotopic (exact) mass is 298 g/mol. The molecule has 0 aromatic rings. The zero-order valence-corrected chi connectivity index (χ0v) is 12.6. The number of rotatable bonds is 5. The van der Waals surface area contributed by atoms with Gasteiger partial charge in [0.25, 0.3) is 0 Å². The van der Waals surface area contributed by atoms with E-state index in [9.17, 15) is 9.59 Å². The van der Waals surface area contributed by atoms with Gasteiger partial charge in [-0.1, -0.05) is 0 Å². The Morgan fingerprint density at radius 2 is 2.10 bits per heavy atom. The molecule has 2 unspecified atom stereocenters. The van der Waals surface area contributed by atoms with E-state index in [-0.39, 0.29) is 18.5 Å². The Morgan fingerprint density at radius 3 is 2.81 bits per heavy atom. The van der Waals surface area contributed by atoms with Crippen LogP contribution < -0.4 is 5.32 Å². The summed E-state index contributed by atoms with van der Waals surface area (Å²) in [6.45, 7) is 2.94. The summed E-state index contributed by atoms with van der Waals surface area (Å²) in [4.78, 5) is 24.9. The maximum absolute atomic E-state index is 12.3. The van der Waals surface area contributed by atoms with Crippen molar-refractivity contribution in [3.05, 3.63) is 0 Å². The summed E-state index contributed by atoms with van der Waals surface area (Å²) in [7, 11) is 0. The molecule has 0 radical (unpaired) electrons. The lowest BCUT2D eigenvalue weighted by atomic mass is 9.98. The molecule has 2 heterocycles. The average molecular weight is 298 g/mol. The van der Waals surface area contributed by atoms with Crippen LogP contribution in [0.15, 0.2) is 0 Å². The highest BCUT2D eigenvalue weighted by molar-refractivity contribution is 5.74. The van der Waals surface area contributed by atoms with Crippen molar-refractivity contribution < 1.29 is 19.4 Å². The summed E-state index contributed by atoms with van der Waals surface area (Å²) in [6.07, 6.45) is 5.83. The largest absolute Gasteiger partial charge is 0.481 e. The fourth-order valence-electron chi connectivity index (χ4n) is 3.16. The molecule has 0 aliphatic carbocycles. The normalized spacial score (nSPS) is 26.4. The Balaban J connectivity index is 1.78. The van der Waals surface area contributed by atoms with Gasteiger partial charge in [0.1, 0.15) is 0 Å². The molecule has 2 atom stereocenters. The minimum Gasteiger partial charge on any atom is -0.481 e. The quantitative estimate of drug-likeness (QED) is 0.812. The molecule has 0 aromatic carbocycles. The third-order valence-corrected chi connectivity index (χ3v) is 4.38. The molecule has 2 fully saturated rings. The third kappa shape index (κ3) is 5.19. The Morgan fingerprint density at radius 1 is 1.24 bits per heavy atom. The van der Waals surface area contributed by atoms with Crippen LogP contribution in [0.3, 0.4) is 0 Å². The Kier molecular flexibility index (Phi) is 6.29. The van der Waals surface area contributed by atoms with E-state index < -0.39 is 5.97 Å². The highest BCUT2D eigenvalue weighted by atomic mass is 16.5. The van der Waals surface area contributed by atoms with Gasteiger partial charge in [-0.05, 0) is 44.4 Å². The lowest BCUT2D eigenvalue weighted by molar-refractivity contribution is -0.137.